The third-order valence-electron chi connectivity index (χ3n) is 5.07. The summed E-state index contributed by atoms with van der Waals surface area (Å²) < 4.78 is 21.7. The molecule has 0 spiro atoms. The largest absolute Gasteiger partial charge is 0.379 e. The van der Waals surface area contributed by atoms with Crippen molar-refractivity contribution < 1.29 is 13.9 Å². The minimum absolute atomic E-state index is 0.230. The third kappa shape index (κ3) is 3.37. The Labute approximate surface area is 151 Å². The Balaban J connectivity index is 1.63. The maximum atomic E-state index is 14.5. The second-order valence-electron chi connectivity index (χ2n) is 6.90. The number of morpholine rings is 1. The van der Waals surface area contributed by atoms with E-state index in [0.717, 1.165) is 24.2 Å². The quantitative estimate of drug-likeness (QED) is 0.892. The molecule has 1 amide bonds. The Morgan fingerprint density at radius 2 is 2.04 bits per heavy atom. The van der Waals surface area contributed by atoms with Crippen LogP contribution in [0, 0.1) is 5.82 Å². The molecule has 0 bridgehead atoms. The molecule has 1 aliphatic heterocycles. The summed E-state index contributed by atoms with van der Waals surface area (Å²) in [6.45, 7) is 2.26. The van der Waals surface area contributed by atoms with E-state index in [9.17, 15) is 9.18 Å². The number of hydrogen-bond donors (Lipinski definition) is 1. The number of nitrogens with zero attached hydrogens (tertiary/aromatic N) is 3. The predicted octanol–water partition coefficient (Wildman–Crippen LogP) is 2.45. The Bertz CT molecular complexity index is 797. The highest BCUT2D eigenvalue weighted by Gasteiger charge is 2.34. The zero-order valence-electron chi connectivity index (χ0n) is 14.8. The van der Waals surface area contributed by atoms with E-state index in [1.807, 2.05) is 16.6 Å². The number of carbonyl (C=O) groups excluding carboxylic acids is 1. The zero-order valence-corrected chi connectivity index (χ0v) is 14.8. The molecule has 1 aliphatic carbocycles. The van der Waals surface area contributed by atoms with E-state index in [4.69, 9.17) is 4.74 Å². The summed E-state index contributed by atoms with van der Waals surface area (Å²) in [5.41, 5.74) is 2.17. The van der Waals surface area contributed by atoms with Gasteiger partial charge in [0.1, 0.15) is 11.9 Å². The van der Waals surface area contributed by atoms with Gasteiger partial charge in [-0.2, -0.15) is 5.10 Å². The lowest BCUT2D eigenvalue weighted by Crippen LogP contribution is -2.44. The standard InChI is InChI=1S/C19H23FN4O2/c1-23-17(13-6-7-13)16(12-21-23)22-19(25)18(24-8-10-26-11-9-24)14-4-2-3-5-15(14)20/h2-5,12-13,18H,6-11H2,1H3,(H,22,25). The molecule has 26 heavy (non-hydrogen) atoms. The van der Waals surface area contributed by atoms with Crippen molar-refractivity contribution >= 4 is 11.6 Å². The zero-order chi connectivity index (χ0) is 18.1. The lowest BCUT2D eigenvalue weighted by molar-refractivity contribution is -0.123. The summed E-state index contributed by atoms with van der Waals surface area (Å²) in [6.07, 6.45) is 3.91. The van der Waals surface area contributed by atoms with E-state index in [0.29, 0.717) is 37.8 Å². The first-order valence-electron chi connectivity index (χ1n) is 9.04. The minimum Gasteiger partial charge on any atom is -0.379 e. The van der Waals surface area contributed by atoms with Crippen LogP contribution in [-0.4, -0.2) is 46.9 Å². The number of benzene rings is 1. The van der Waals surface area contributed by atoms with Crippen molar-refractivity contribution in [2.75, 3.05) is 31.6 Å². The van der Waals surface area contributed by atoms with Gasteiger partial charge in [-0.1, -0.05) is 18.2 Å². The highest BCUT2D eigenvalue weighted by atomic mass is 19.1. The number of ether oxygens (including phenoxy) is 1. The Morgan fingerprint density at radius 3 is 2.73 bits per heavy atom. The summed E-state index contributed by atoms with van der Waals surface area (Å²) in [7, 11) is 1.89. The van der Waals surface area contributed by atoms with Crippen LogP contribution in [-0.2, 0) is 16.6 Å². The van der Waals surface area contributed by atoms with Crippen LogP contribution in [0.2, 0.25) is 0 Å². The highest BCUT2D eigenvalue weighted by molar-refractivity contribution is 5.96. The molecule has 4 rings (SSSR count). The molecule has 1 aromatic heterocycles. The number of anilines is 1. The van der Waals surface area contributed by atoms with Crippen molar-refractivity contribution in [2.24, 2.45) is 7.05 Å². The molecule has 1 saturated carbocycles. The average molecular weight is 358 g/mol. The van der Waals surface area contributed by atoms with Gasteiger partial charge in [-0.3, -0.25) is 14.4 Å². The SMILES string of the molecule is Cn1ncc(NC(=O)C(c2ccccc2F)N2CCOCC2)c1C1CC1. The van der Waals surface area contributed by atoms with Crippen LogP contribution in [0.25, 0.3) is 0 Å². The van der Waals surface area contributed by atoms with Gasteiger partial charge in [0.25, 0.3) is 0 Å². The second-order valence-corrected chi connectivity index (χ2v) is 6.90. The molecule has 1 N–H and O–H groups in total. The third-order valence-corrected chi connectivity index (χ3v) is 5.07. The van der Waals surface area contributed by atoms with Gasteiger partial charge in [-0.25, -0.2) is 4.39 Å². The summed E-state index contributed by atoms with van der Waals surface area (Å²) in [5, 5.41) is 7.29. The van der Waals surface area contributed by atoms with Gasteiger partial charge in [0.15, 0.2) is 0 Å². The van der Waals surface area contributed by atoms with E-state index in [1.165, 1.54) is 6.07 Å². The van der Waals surface area contributed by atoms with Gasteiger partial charge in [0.05, 0.1) is 30.8 Å². The molecule has 138 valence electrons. The molecule has 0 radical (unpaired) electrons. The molecule has 1 unspecified atom stereocenters. The number of amides is 1. The van der Waals surface area contributed by atoms with E-state index < -0.39 is 6.04 Å². The summed E-state index contributed by atoms with van der Waals surface area (Å²) >= 11 is 0. The van der Waals surface area contributed by atoms with Crippen LogP contribution in [0.3, 0.4) is 0 Å². The summed E-state index contributed by atoms with van der Waals surface area (Å²) in [6, 6.07) is 5.79. The van der Waals surface area contributed by atoms with Crippen LogP contribution >= 0.6 is 0 Å². The average Bonchev–Trinajstić information content (AvgIpc) is 3.41. The molecule has 6 nitrogen and oxygen atoms in total. The number of carbonyl (C=O) groups is 1. The fourth-order valence-electron chi connectivity index (χ4n) is 3.62. The number of aryl methyl sites for hydroxylation is 1. The van der Waals surface area contributed by atoms with Crippen molar-refractivity contribution in [1.29, 1.82) is 0 Å². The van der Waals surface area contributed by atoms with E-state index in [1.54, 1.807) is 24.4 Å². The van der Waals surface area contributed by atoms with Crippen LogP contribution in [0.5, 0.6) is 0 Å². The molecular weight excluding hydrogens is 335 g/mol. The Morgan fingerprint density at radius 1 is 1.31 bits per heavy atom. The first-order valence-corrected chi connectivity index (χ1v) is 9.04. The van der Waals surface area contributed by atoms with Crippen molar-refractivity contribution in [3.05, 3.63) is 47.5 Å². The molecule has 2 heterocycles. The van der Waals surface area contributed by atoms with E-state index in [-0.39, 0.29) is 11.7 Å². The van der Waals surface area contributed by atoms with Crippen LogP contribution in [0.15, 0.2) is 30.5 Å². The first-order chi connectivity index (χ1) is 12.6. The Hall–Kier alpha value is -2.25. The second kappa shape index (κ2) is 7.17. The number of aromatic nitrogens is 2. The van der Waals surface area contributed by atoms with Gasteiger partial charge in [0.2, 0.25) is 5.91 Å². The van der Waals surface area contributed by atoms with Crippen molar-refractivity contribution in [1.82, 2.24) is 14.7 Å². The van der Waals surface area contributed by atoms with Crippen molar-refractivity contribution in [2.45, 2.75) is 24.8 Å². The monoisotopic (exact) mass is 358 g/mol. The van der Waals surface area contributed by atoms with Crippen LogP contribution < -0.4 is 5.32 Å². The topological polar surface area (TPSA) is 59.4 Å². The number of nitrogens with one attached hydrogen (secondary N) is 1. The summed E-state index contributed by atoms with van der Waals surface area (Å²) in [4.78, 5) is 15.1. The van der Waals surface area contributed by atoms with Gasteiger partial charge in [-0.15, -0.1) is 0 Å². The molecule has 1 atom stereocenters. The maximum Gasteiger partial charge on any atom is 0.246 e. The predicted molar refractivity (Wildman–Crippen MR) is 95.3 cm³/mol. The van der Waals surface area contributed by atoms with E-state index in [2.05, 4.69) is 10.4 Å². The Kier molecular flexibility index (Phi) is 4.74. The summed E-state index contributed by atoms with van der Waals surface area (Å²) in [5.74, 6) is -0.146. The fraction of sp³-hybridized carbons (Fsp3) is 0.474. The highest BCUT2D eigenvalue weighted by Crippen LogP contribution is 2.43. The van der Waals surface area contributed by atoms with E-state index >= 15 is 0 Å². The maximum absolute atomic E-state index is 14.5. The van der Waals surface area contributed by atoms with Crippen LogP contribution in [0.4, 0.5) is 10.1 Å². The van der Waals surface area contributed by atoms with Gasteiger partial charge < -0.3 is 10.1 Å². The number of rotatable bonds is 5. The van der Waals surface area contributed by atoms with Gasteiger partial charge >= 0.3 is 0 Å². The van der Waals surface area contributed by atoms with Crippen molar-refractivity contribution in [3.8, 4) is 0 Å². The minimum atomic E-state index is -0.688. The molecule has 2 aromatic rings. The molecule has 1 aromatic carbocycles. The molecule has 2 fully saturated rings. The van der Waals surface area contributed by atoms with Gasteiger partial charge in [0, 0.05) is 31.6 Å². The number of halogens is 1. The lowest BCUT2D eigenvalue weighted by Gasteiger charge is -2.33. The van der Waals surface area contributed by atoms with Gasteiger partial charge in [-0.05, 0) is 18.9 Å². The number of hydrogen-bond acceptors (Lipinski definition) is 4. The smallest absolute Gasteiger partial charge is 0.246 e. The molecule has 2 aliphatic rings. The van der Waals surface area contributed by atoms with Crippen molar-refractivity contribution in [3.63, 3.8) is 0 Å². The first kappa shape index (κ1) is 17.2. The van der Waals surface area contributed by atoms with Crippen LogP contribution in [0.1, 0.15) is 36.1 Å². The fourth-order valence-corrected chi connectivity index (χ4v) is 3.62. The lowest BCUT2D eigenvalue weighted by atomic mass is 10.0. The molecule has 1 saturated heterocycles. The normalized spacial score (nSPS) is 19.3. The molecule has 7 heteroatoms. The molecular formula is C19H23FN4O2.